The Bertz CT molecular complexity index is 546. The molecule has 4 heteroatoms. The lowest BCUT2D eigenvalue weighted by Crippen LogP contribution is -1.97. The van der Waals surface area contributed by atoms with Gasteiger partial charge in [-0.3, -0.25) is 0 Å². The summed E-state index contributed by atoms with van der Waals surface area (Å²) in [6.45, 7) is 1.91. The van der Waals surface area contributed by atoms with E-state index in [1.54, 1.807) is 0 Å². The zero-order valence-electron chi connectivity index (χ0n) is 8.53. The summed E-state index contributed by atoms with van der Waals surface area (Å²) in [5.74, 6) is -1.62. The predicted molar refractivity (Wildman–Crippen MR) is 61.4 cm³/mol. The van der Waals surface area contributed by atoms with E-state index < -0.39 is 11.8 Å². The molecule has 1 heterocycles. The zero-order valence-corrected chi connectivity index (χ0v) is 9.34. The maximum absolute atomic E-state index is 13.7. The van der Waals surface area contributed by atoms with E-state index in [1.165, 1.54) is 23.5 Å². The van der Waals surface area contributed by atoms with Crippen molar-refractivity contribution in [3.63, 3.8) is 0 Å². The normalized spacial score (nSPS) is 10.4. The van der Waals surface area contributed by atoms with Crippen LogP contribution >= 0.6 is 11.3 Å². The van der Waals surface area contributed by atoms with Crippen molar-refractivity contribution in [2.75, 3.05) is 0 Å². The summed E-state index contributed by atoms with van der Waals surface area (Å²) in [5.41, 5.74) is 1.23. The number of halogens is 1. The zero-order chi connectivity index (χ0) is 11.7. The molecule has 2 nitrogen and oxygen atoms in total. The van der Waals surface area contributed by atoms with Gasteiger partial charge in [0, 0.05) is 10.4 Å². The third kappa shape index (κ3) is 1.84. The number of benzene rings is 1. The highest BCUT2D eigenvalue weighted by atomic mass is 32.1. The van der Waals surface area contributed by atoms with Crippen molar-refractivity contribution in [2.24, 2.45) is 0 Å². The van der Waals surface area contributed by atoms with Crippen molar-refractivity contribution in [3.8, 4) is 11.1 Å². The topological polar surface area (TPSA) is 37.3 Å². The maximum atomic E-state index is 13.7. The van der Waals surface area contributed by atoms with Gasteiger partial charge in [0.05, 0.1) is 5.56 Å². The highest BCUT2D eigenvalue weighted by Gasteiger charge is 2.11. The summed E-state index contributed by atoms with van der Waals surface area (Å²) >= 11 is 1.54. The van der Waals surface area contributed by atoms with Crippen molar-refractivity contribution < 1.29 is 14.3 Å². The van der Waals surface area contributed by atoms with Crippen LogP contribution in [0.2, 0.25) is 0 Å². The fourth-order valence-electron chi connectivity index (χ4n) is 1.53. The molecule has 0 radical (unpaired) electrons. The van der Waals surface area contributed by atoms with Crippen LogP contribution in [-0.4, -0.2) is 11.1 Å². The van der Waals surface area contributed by atoms with Gasteiger partial charge in [-0.15, -0.1) is 11.3 Å². The Kier molecular flexibility index (Phi) is 2.75. The van der Waals surface area contributed by atoms with E-state index in [1.807, 2.05) is 18.4 Å². The second kappa shape index (κ2) is 4.06. The van der Waals surface area contributed by atoms with Crippen LogP contribution in [0.4, 0.5) is 4.39 Å². The SMILES string of the molecule is Cc1sccc1-c1ccc(C(=O)O)cc1F. The Balaban J connectivity index is 2.52. The molecule has 0 atom stereocenters. The Labute approximate surface area is 96.0 Å². The molecule has 2 rings (SSSR count). The van der Waals surface area contributed by atoms with Crippen LogP contribution in [0.3, 0.4) is 0 Å². The fourth-order valence-corrected chi connectivity index (χ4v) is 2.24. The lowest BCUT2D eigenvalue weighted by atomic mass is 10.0. The predicted octanol–water partition coefficient (Wildman–Crippen LogP) is 3.56. The number of aryl methyl sites for hydroxylation is 1. The first-order chi connectivity index (χ1) is 7.59. The number of hydrogen-bond acceptors (Lipinski definition) is 2. The fraction of sp³-hybridized carbons (Fsp3) is 0.0833. The maximum Gasteiger partial charge on any atom is 0.335 e. The van der Waals surface area contributed by atoms with Gasteiger partial charge in [-0.05, 0) is 36.1 Å². The molecule has 16 heavy (non-hydrogen) atoms. The Morgan fingerprint density at radius 3 is 2.56 bits per heavy atom. The Morgan fingerprint density at radius 2 is 2.06 bits per heavy atom. The number of carboxylic acid groups (broad SMARTS) is 1. The van der Waals surface area contributed by atoms with Gasteiger partial charge in [-0.1, -0.05) is 6.07 Å². The molecule has 0 saturated carbocycles. The molecule has 1 aromatic carbocycles. The quantitative estimate of drug-likeness (QED) is 0.865. The molecular formula is C12H9FO2S. The molecule has 0 saturated heterocycles. The Hall–Kier alpha value is -1.68. The first kappa shape index (κ1) is 10.8. The summed E-state index contributed by atoms with van der Waals surface area (Å²) in [4.78, 5) is 11.7. The van der Waals surface area contributed by atoms with Gasteiger partial charge in [0.15, 0.2) is 0 Å². The summed E-state index contributed by atoms with van der Waals surface area (Å²) in [5, 5.41) is 10.6. The van der Waals surface area contributed by atoms with Gasteiger partial charge in [-0.2, -0.15) is 0 Å². The highest BCUT2D eigenvalue weighted by Crippen LogP contribution is 2.29. The summed E-state index contributed by atoms with van der Waals surface area (Å²) in [6.07, 6.45) is 0. The molecule has 0 spiro atoms. The first-order valence-electron chi connectivity index (χ1n) is 4.67. The number of carbonyl (C=O) groups is 1. The largest absolute Gasteiger partial charge is 0.478 e. The minimum Gasteiger partial charge on any atom is -0.478 e. The molecule has 0 fully saturated rings. The van der Waals surface area contributed by atoms with Crippen LogP contribution in [-0.2, 0) is 0 Å². The molecule has 0 bridgehead atoms. The van der Waals surface area contributed by atoms with Crippen molar-refractivity contribution in [1.82, 2.24) is 0 Å². The molecule has 0 unspecified atom stereocenters. The number of rotatable bonds is 2. The van der Waals surface area contributed by atoms with Crippen molar-refractivity contribution in [1.29, 1.82) is 0 Å². The molecular weight excluding hydrogens is 227 g/mol. The van der Waals surface area contributed by atoms with Crippen LogP contribution in [0, 0.1) is 12.7 Å². The molecule has 82 valence electrons. The van der Waals surface area contributed by atoms with Gasteiger partial charge < -0.3 is 5.11 Å². The van der Waals surface area contributed by atoms with Crippen LogP contribution in [0.25, 0.3) is 11.1 Å². The average Bonchev–Trinajstić information content (AvgIpc) is 2.64. The molecule has 2 aromatic rings. The number of carboxylic acids is 1. The molecule has 1 N–H and O–H groups in total. The second-order valence-electron chi connectivity index (χ2n) is 3.39. The summed E-state index contributed by atoms with van der Waals surface area (Å²) in [7, 11) is 0. The minimum atomic E-state index is -1.12. The van der Waals surface area contributed by atoms with E-state index >= 15 is 0 Å². The molecule has 1 aromatic heterocycles. The molecule has 0 aliphatic carbocycles. The van der Waals surface area contributed by atoms with E-state index in [2.05, 4.69) is 0 Å². The molecule has 0 amide bonds. The van der Waals surface area contributed by atoms with Crippen molar-refractivity contribution in [3.05, 3.63) is 45.9 Å². The first-order valence-corrected chi connectivity index (χ1v) is 5.55. The Morgan fingerprint density at radius 1 is 1.31 bits per heavy atom. The third-order valence-corrected chi connectivity index (χ3v) is 3.21. The van der Waals surface area contributed by atoms with E-state index in [9.17, 15) is 9.18 Å². The van der Waals surface area contributed by atoms with Gasteiger partial charge >= 0.3 is 5.97 Å². The van der Waals surface area contributed by atoms with Gasteiger partial charge in [0.25, 0.3) is 0 Å². The van der Waals surface area contributed by atoms with Crippen molar-refractivity contribution >= 4 is 17.3 Å². The van der Waals surface area contributed by atoms with Gasteiger partial charge in [0.1, 0.15) is 5.82 Å². The summed E-state index contributed by atoms with van der Waals surface area (Å²) < 4.78 is 13.7. The third-order valence-electron chi connectivity index (χ3n) is 2.37. The van der Waals surface area contributed by atoms with E-state index in [-0.39, 0.29) is 5.56 Å². The highest BCUT2D eigenvalue weighted by molar-refractivity contribution is 7.10. The van der Waals surface area contributed by atoms with E-state index in [0.717, 1.165) is 16.5 Å². The second-order valence-corrected chi connectivity index (χ2v) is 4.51. The monoisotopic (exact) mass is 236 g/mol. The molecule has 0 aliphatic rings. The van der Waals surface area contributed by atoms with E-state index in [0.29, 0.717) is 5.56 Å². The van der Waals surface area contributed by atoms with Crippen molar-refractivity contribution in [2.45, 2.75) is 6.92 Å². The van der Waals surface area contributed by atoms with Crippen LogP contribution < -0.4 is 0 Å². The lowest BCUT2D eigenvalue weighted by Gasteiger charge is -2.03. The van der Waals surface area contributed by atoms with Gasteiger partial charge in [0.2, 0.25) is 0 Å². The van der Waals surface area contributed by atoms with Crippen LogP contribution in [0.15, 0.2) is 29.6 Å². The minimum absolute atomic E-state index is 0.0332. The average molecular weight is 236 g/mol. The van der Waals surface area contributed by atoms with Gasteiger partial charge in [-0.25, -0.2) is 9.18 Å². The smallest absolute Gasteiger partial charge is 0.335 e. The van der Waals surface area contributed by atoms with E-state index in [4.69, 9.17) is 5.11 Å². The number of thiophene rings is 1. The summed E-state index contributed by atoms with van der Waals surface area (Å²) in [6, 6.07) is 5.80. The standard InChI is InChI=1S/C12H9FO2S/c1-7-9(4-5-16-7)10-3-2-8(12(14)15)6-11(10)13/h2-6H,1H3,(H,14,15). The van der Waals surface area contributed by atoms with Crippen LogP contribution in [0.5, 0.6) is 0 Å². The lowest BCUT2D eigenvalue weighted by molar-refractivity contribution is 0.0696. The number of hydrogen-bond donors (Lipinski definition) is 1. The van der Waals surface area contributed by atoms with Crippen LogP contribution in [0.1, 0.15) is 15.2 Å². The molecule has 0 aliphatic heterocycles. The number of aromatic carboxylic acids is 1.